The van der Waals surface area contributed by atoms with Crippen LogP contribution in [0.2, 0.25) is 0 Å². The second kappa shape index (κ2) is 8.52. The van der Waals surface area contributed by atoms with E-state index in [1.807, 2.05) is 94.5 Å². The van der Waals surface area contributed by atoms with Crippen molar-refractivity contribution in [1.29, 1.82) is 5.26 Å². The molecule has 1 amide bonds. The summed E-state index contributed by atoms with van der Waals surface area (Å²) in [5.41, 5.74) is 6.76. The zero-order chi connectivity index (χ0) is 21.9. The molecule has 0 aliphatic carbocycles. The summed E-state index contributed by atoms with van der Waals surface area (Å²) in [7, 11) is 0. The van der Waals surface area contributed by atoms with Crippen molar-refractivity contribution < 1.29 is 4.79 Å². The van der Waals surface area contributed by atoms with Crippen molar-refractivity contribution in [2.24, 2.45) is 0 Å². The Morgan fingerprint density at radius 3 is 2.34 bits per heavy atom. The Labute approximate surface area is 187 Å². The van der Waals surface area contributed by atoms with Gasteiger partial charge in [0.2, 0.25) is 5.91 Å². The number of aromatic nitrogens is 2. The van der Waals surface area contributed by atoms with Crippen molar-refractivity contribution in [3.05, 3.63) is 102 Å². The largest absolute Gasteiger partial charge is 0.336 e. The van der Waals surface area contributed by atoms with Gasteiger partial charge in [0.25, 0.3) is 0 Å². The van der Waals surface area contributed by atoms with Crippen LogP contribution in [0, 0.1) is 11.3 Å². The number of hydrogen-bond acceptors (Lipinski definition) is 3. The molecule has 0 saturated carbocycles. The van der Waals surface area contributed by atoms with Crippen LogP contribution in [-0.2, 0) is 24.3 Å². The Balaban J connectivity index is 1.42. The summed E-state index contributed by atoms with van der Waals surface area (Å²) in [4.78, 5) is 15.1. The summed E-state index contributed by atoms with van der Waals surface area (Å²) >= 11 is 0. The Kier molecular flexibility index (Phi) is 5.27. The molecule has 156 valence electrons. The fourth-order valence-corrected chi connectivity index (χ4v) is 4.19. The number of benzene rings is 3. The molecule has 32 heavy (non-hydrogen) atoms. The third-order valence-corrected chi connectivity index (χ3v) is 5.90. The molecule has 0 spiro atoms. The molecule has 0 bridgehead atoms. The molecule has 5 heteroatoms. The van der Waals surface area contributed by atoms with Crippen molar-refractivity contribution >= 4 is 5.91 Å². The van der Waals surface area contributed by atoms with Crippen LogP contribution in [0.4, 0.5) is 0 Å². The van der Waals surface area contributed by atoms with E-state index in [9.17, 15) is 4.79 Å². The zero-order valence-corrected chi connectivity index (χ0v) is 17.6. The van der Waals surface area contributed by atoms with Gasteiger partial charge in [-0.2, -0.15) is 10.4 Å². The van der Waals surface area contributed by atoms with E-state index in [0.29, 0.717) is 18.7 Å². The molecule has 0 unspecified atom stereocenters. The highest BCUT2D eigenvalue weighted by molar-refractivity contribution is 5.78. The van der Waals surface area contributed by atoms with Gasteiger partial charge in [-0.1, -0.05) is 66.7 Å². The first kappa shape index (κ1) is 19.8. The van der Waals surface area contributed by atoms with E-state index >= 15 is 0 Å². The van der Waals surface area contributed by atoms with Crippen LogP contribution in [0.5, 0.6) is 0 Å². The minimum absolute atomic E-state index is 0.0416. The molecule has 3 aromatic carbocycles. The highest BCUT2D eigenvalue weighted by Crippen LogP contribution is 2.27. The van der Waals surface area contributed by atoms with Crippen LogP contribution >= 0.6 is 0 Å². The Hall–Kier alpha value is -4.17. The molecule has 5 nitrogen and oxygen atoms in total. The monoisotopic (exact) mass is 418 g/mol. The average Bonchev–Trinajstić information content (AvgIpc) is 3.28. The first-order chi connectivity index (χ1) is 15.7. The fourth-order valence-electron chi connectivity index (χ4n) is 4.19. The summed E-state index contributed by atoms with van der Waals surface area (Å²) in [6.45, 7) is 1.39. The van der Waals surface area contributed by atoms with Gasteiger partial charge < -0.3 is 4.90 Å². The molecule has 1 aliphatic heterocycles. The van der Waals surface area contributed by atoms with E-state index in [-0.39, 0.29) is 12.5 Å². The maximum atomic E-state index is 13.2. The minimum atomic E-state index is 0.0416. The maximum absolute atomic E-state index is 13.2. The van der Waals surface area contributed by atoms with E-state index in [0.717, 1.165) is 40.1 Å². The van der Waals surface area contributed by atoms with E-state index in [2.05, 4.69) is 6.07 Å². The van der Waals surface area contributed by atoms with Gasteiger partial charge in [-0.25, -0.2) is 0 Å². The van der Waals surface area contributed by atoms with Gasteiger partial charge in [-0.3, -0.25) is 9.48 Å². The van der Waals surface area contributed by atoms with Crippen molar-refractivity contribution in [1.82, 2.24) is 14.7 Å². The first-order valence-electron chi connectivity index (χ1n) is 10.7. The predicted molar refractivity (Wildman–Crippen MR) is 123 cm³/mol. The quantitative estimate of drug-likeness (QED) is 0.484. The number of hydrogen-bond donors (Lipinski definition) is 0. The number of rotatable bonds is 4. The van der Waals surface area contributed by atoms with Gasteiger partial charge in [0, 0.05) is 18.7 Å². The molecule has 0 N–H and O–H groups in total. The van der Waals surface area contributed by atoms with Crippen LogP contribution in [0.1, 0.15) is 16.7 Å². The summed E-state index contributed by atoms with van der Waals surface area (Å²) in [5, 5.41) is 13.9. The average molecular weight is 419 g/mol. The predicted octanol–water partition coefficient (Wildman–Crippen LogP) is 4.67. The summed E-state index contributed by atoms with van der Waals surface area (Å²) < 4.78 is 1.81. The van der Waals surface area contributed by atoms with Crippen molar-refractivity contribution in [2.45, 2.75) is 19.5 Å². The lowest BCUT2D eigenvalue weighted by Gasteiger charge is -2.29. The van der Waals surface area contributed by atoms with Crippen LogP contribution in [0.25, 0.3) is 22.5 Å². The van der Waals surface area contributed by atoms with E-state index < -0.39 is 0 Å². The molecule has 2 heterocycles. The third-order valence-electron chi connectivity index (χ3n) is 5.90. The van der Waals surface area contributed by atoms with Crippen molar-refractivity contribution in [3.8, 4) is 28.6 Å². The lowest BCUT2D eigenvalue weighted by Crippen LogP contribution is -2.38. The normalized spacial score (nSPS) is 12.8. The van der Waals surface area contributed by atoms with Gasteiger partial charge in [0.1, 0.15) is 6.54 Å². The topological polar surface area (TPSA) is 61.9 Å². The minimum Gasteiger partial charge on any atom is -0.336 e. The number of carbonyl (C=O) groups excluding carboxylic acids is 1. The standard InChI is InChI=1S/C27H22N4O/c28-17-20-11-12-24-18-30(14-13-23(24)15-20)27(32)19-31-26(22-9-5-2-6-10-22)16-25(29-31)21-7-3-1-4-8-21/h1-12,15-16H,13-14,18-19H2. The van der Waals surface area contributed by atoms with Gasteiger partial charge in [0.05, 0.1) is 23.0 Å². The number of fused-ring (bicyclic) bond motifs is 1. The van der Waals surface area contributed by atoms with Crippen LogP contribution in [0.3, 0.4) is 0 Å². The summed E-state index contributed by atoms with van der Waals surface area (Å²) in [6, 6.07) is 30.0. The molecule has 1 aliphatic rings. The zero-order valence-electron chi connectivity index (χ0n) is 17.6. The van der Waals surface area contributed by atoms with Crippen molar-refractivity contribution in [2.75, 3.05) is 6.54 Å². The third kappa shape index (κ3) is 3.91. The Morgan fingerprint density at radius 2 is 1.62 bits per heavy atom. The molecular formula is C27H22N4O. The second-order valence-corrected chi connectivity index (χ2v) is 7.97. The summed E-state index contributed by atoms with van der Waals surface area (Å²) in [5.74, 6) is 0.0416. The molecule has 0 atom stereocenters. The van der Waals surface area contributed by atoms with Gasteiger partial charge in [-0.15, -0.1) is 0 Å². The molecule has 0 fully saturated rings. The lowest BCUT2D eigenvalue weighted by molar-refractivity contribution is -0.132. The lowest BCUT2D eigenvalue weighted by atomic mass is 9.97. The SMILES string of the molecule is N#Cc1ccc2c(c1)CCN(C(=O)Cn1nc(-c3ccccc3)cc1-c1ccccc1)C2. The number of carbonyl (C=O) groups is 1. The second-order valence-electron chi connectivity index (χ2n) is 7.97. The van der Waals surface area contributed by atoms with Crippen molar-refractivity contribution in [3.63, 3.8) is 0 Å². The fraction of sp³-hybridized carbons (Fsp3) is 0.148. The molecule has 1 aromatic heterocycles. The molecular weight excluding hydrogens is 396 g/mol. The molecule has 0 radical (unpaired) electrons. The van der Waals surface area contributed by atoms with Crippen LogP contribution in [0.15, 0.2) is 84.9 Å². The van der Waals surface area contributed by atoms with Gasteiger partial charge in [-0.05, 0) is 41.3 Å². The van der Waals surface area contributed by atoms with Crippen LogP contribution in [-0.4, -0.2) is 27.1 Å². The van der Waals surface area contributed by atoms with Crippen LogP contribution < -0.4 is 0 Å². The Bertz CT molecular complexity index is 1300. The number of amides is 1. The molecule has 4 aromatic rings. The first-order valence-corrected chi connectivity index (χ1v) is 10.7. The number of nitrogens with zero attached hydrogens (tertiary/aromatic N) is 4. The number of nitriles is 1. The smallest absolute Gasteiger partial charge is 0.244 e. The maximum Gasteiger partial charge on any atom is 0.244 e. The highest BCUT2D eigenvalue weighted by atomic mass is 16.2. The summed E-state index contributed by atoms with van der Waals surface area (Å²) in [6.07, 6.45) is 0.760. The van der Waals surface area contributed by atoms with Gasteiger partial charge in [0.15, 0.2) is 0 Å². The van der Waals surface area contributed by atoms with E-state index in [1.165, 1.54) is 0 Å². The van der Waals surface area contributed by atoms with E-state index in [1.54, 1.807) is 0 Å². The van der Waals surface area contributed by atoms with E-state index in [4.69, 9.17) is 10.4 Å². The Morgan fingerprint density at radius 1 is 0.906 bits per heavy atom. The van der Waals surface area contributed by atoms with Gasteiger partial charge >= 0.3 is 0 Å². The molecule has 0 saturated heterocycles. The molecule has 5 rings (SSSR count). The highest BCUT2D eigenvalue weighted by Gasteiger charge is 2.23.